The highest BCUT2D eigenvalue weighted by Gasteiger charge is 2.13. The number of nitrogens with two attached hydrogens (primary N) is 1. The van der Waals surface area contributed by atoms with Crippen LogP contribution in [0.4, 0.5) is 4.39 Å². The fourth-order valence-corrected chi connectivity index (χ4v) is 0.966. The second kappa shape index (κ2) is 3.56. The fraction of sp³-hybridized carbons (Fsp3) is 0.714. The molecule has 1 unspecified atom stereocenters. The quantitative estimate of drug-likeness (QED) is 0.628. The van der Waals surface area contributed by atoms with Gasteiger partial charge in [-0.15, -0.1) is 0 Å². The van der Waals surface area contributed by atoms with Crippen LogP contribution in [0.15, 0.2) is 11.8 Å². The number of rotatable bonds is 2. The van der Waals surface area contributed by atoms with Gasteiger partial charge in [-0.3, -0.25) is 0 Å². The summed E-state index contributed by atoms with van der Waals surface area (Å²) in [6, 6.07) is 0. The summed E-state index contributed by atoms with van der Waals surface area (Å²) in [7, 11) is 0. The van der Waals surface area contributed by atoms with E-state index >= 15 is 0 Å². The third-order valence-electron chi connectivity index (χ3n) is 1.57. The number of halogens is 1. The molecule has 2 nitrogen and oxygen atoms in total. The van der Waals surface area contributed by atoms with Crippen LogP contribution in [0, 0.1) is 0 Å². The minimum Gasteiger partial charge on any atom is -0.501 e. The first-order chi connectivity index (χ1) is 4.84. The SMILES string of the molecule is NCC(F)C1=COCCC1. The van der Waals surface area contributed by atoms with E-state index in [1.165, 1.54) is 6.26 Å². The molecule has 0 aliphatic carbocycles. The first kappa shape index (κ1) is 7.54. The molecule has 1 heterocycles. The zero-order chi connectivity index (χ0) is 7.40. The molecule has 0 aromatic rings. The van der Waals surface area contributed by atoms with Gasteiger partial charge in [0.1, 0.15) is 6.17 Å². The molecule has 0 aromatic heterocycles. The van der Waals surface area contributed by atoms with Crippen LogP contribution in [-0.4, -0.2) is 19.3 Å². The Kier molecular flexibility index (Phi) is 2.68. The highest BCUT2D eigenvalue weighted by atomic mass is 19.1. The Morgan fingerprint density at radius 3 is 3.10 bits per heavy atom. The van der Waals surface area contributed by atoms with Crippen molar-refractivity contribution in [3.63, 3.8) is 0 Å². The molecule has 0 saturated carbocycles. The molecule has 10 heavy (non-hydrogen) atoms. The van der Waals surface area contributed by atoms with Gasteiger partial charge >= 0.3 is 0 Å². The van der Waals surface area contributed by atoms with E-state index < -0.39 is 6.17 Å². The lowest BCUT2D eigenvalue weighted by Gasteiger charge is -2.15. The number of ether oxygens (including phenoxy) is 1. The molecule has 1 rings (SSSR count). The average Bonchev–Trinajstić information content (AvgIpc) is 2.05. The molecule has 0 aromatic carbocycles. The van der Waals surface area contributed by atoms with Crippen molar-refractivity contribution in [2.24, 2.45) is 5.73 Å². The maximum absolute atomic E-state index is 12.7. The fourth-order valence-electron chi connectivity index (χ4n) is 0.966. The van der Waals surface area contributed by atoms with Crippen molar-refractivity contribution in [2.45, 2.75) is 19.0 Å². The van der Waals surface area contributed by atoms with E-state index in [1.807, 2.05) is 0 Å². The van der Waals surface area contributed by atoms with Crippen molar-refractivity contribution < 1.29 is 9.13 Å². The maximum Gasteiger partial charge on any atom is 0.137 e. The minimum atomic E-state index is -1.000. The zero-order valence-corrected chi connectivity index (χ0v) is 5.85. The predicted octanol–water partition coefficient (Wildman–Crippen LogP) is 0.977. The van der Waals surface area contributed by atoms with E-state index in [4.69, 9.17) is 10.5 Å². The summed E-state index contributed by atoms with van der Waals surface area (Å²) in [5.74, 6) is 0. The Balaban J connectivity index is 2.44. The van der Waals surface area contributed by atoms with Gasteiger partial charge in [0.05, 0.1) is 12.9 Å². The van der Waals surface area contributed by atoms with Crippen LogP contribution in [0.3, 0.4) is 0 Å². The van der Waals surface area contributed by atoms with Crippen molar-refractivity contribution in [3.8, 4) is 0 Å². The third kappa shape index (κ3) is 1.70. The number of alkyl halides is 1. The van der Waals surface area contributed by atoms with Crippen molar-refractivity contribution >= 4 is 0 Å². The summed E-state index contributed by atoms with van der Waals surface area (Å²) in [4.78, 5) is 0. The van der Waals surface area contributed by atoms with E-state index in [1.54, 1.807) is 0 Å². The van der Waals surface area contributed by atoms with Gasteiger partial charge in [-0.2, -0.15) is 0 Å². The summed E-state index contributed by atoms with van der Waals surface area (Å²) < 4.78 is 17.7. The van der Waals surface area contributed by atoms with Crippen LogP contribution in [0.1, 0.15) is 12.8 Å². The van der Waals surface area contributed by atoms with Crippen LogP contribution >= 0.6 is 0 Å². The van der Waals surface area contributed by atoms with Crippen LogP contribution < -0.4 is 5.73 Å². The molecule has 0 bridgehead atoms. The first-order valence-electron chi connectivity index (χ1n) is 3.49. The van der Waals surface area contributed by atoms with Gasteiger partial charge < -0.3 is 10.5 Å². The van der Waals surface area contributed by atoms with Gasteiger partial charge in [0.15, 0.2) is 0 Å². The predicted molar refractivity (Wildman–Crippen MR) is 37.2 cm³/mol. The van der Waals surface area contributed by atoms with Crippen molar-refractivity contribution in [2.75, 3.05) is 13.2 Å². The molecule has 2 N–H and O–H groups in total. The Hall–Kier alpha value is -0.570. The van der Waals surface area contributed by atoms with Crippen molar-refractivity contribution in [1.29, 1.82) is 0 Å². The van der Waals surface area contributed by atoms with Gasteiger partial charge in [0.2, 0.25) is 0 Å². The average molecular weight is 145 g/mol. The second-order valence-corrected chi connectivity index (χ2v) is 2.37. The van der Waals surface area contributed by atoms with E-state index in [0.717, 1.165) is 12.8 Å². The molecule has 0 saturated heterocycles. The topological polar surface area (TPSA) is 35.2 Å². The zero-order valence-electron chi connectivity index (χ0n) is 5.85. The third-order valence-corrected chi connectivity index (χ3v) is 1.57. The molecular formula is C7H12FNO. The Morgan fingerprint density at radius 2 is 2.60 bits per heavy atom. The summed E-state index contributed by atoms with van der Waals surface area (Å²) in [5.41, 5.74) is 5.83. The Morgan fingerprint density at radius 1 is 1.80 bits per heavy atom. The molecule has 0 radical (unpaired) electrons. The molecule has 1 aliphatic rings. The van der Waals surface area contributed by atoms with Crippen LogP contribution in [0.2, 0.25) is 0 Å². The molecule has 1 atom stereocenters. The number of hydrogen-bond acceptors (Lipinski definition) is 2. The maximum atomic E-state index is 12.7. The molecule has 0 fully saturated rings. The molecule has 0 amide bonds. The van der Waals surface area contributed by atoms with Crippen molar-refractivity contribution in [3.05, 3.63) is 11.8 Å². The van der Waals surface area contributed by atoms with Gasteiger partial charge in [-0.1, -0.05) is 0 Å². The smallest absolute Gasteiger partial charge is 0.137 e. The largest absolute Gasteiger partial charge is 0.501 e. The molecule has 0 spiro atoms. The van der Waals surface area contributed by atoms with E-state index in [9.17, 15) is 4.39 Å². The van der Waals surface area contributed by atoms with Crippen LogP contribution in [0.5, 0.6) is 0 Å². The van der Waals surface area contributed by atoms with Crippen molar-refractivity contribution in [1.82, 2.24) is 0 Å². The summed E-state index contributed by atoms with van der Waals surface area (Å²) >= 11 is 0. The molecular weight excluding hydrogens is 133 g/mol. The summed E-state index contributed by atoms with van der Waals surface area (Å²) in [6.45, 7) is 0.774. The molecule has 3 heteroatoms. The number of hydrogen-bond donors (Lipinski definition) is 1. The first-order valence-corrected chi connectivity index (χ1v) is 3.49. The van der Waals surface area contributed by atoms with Crippen LogP contribution in [-0.2, 0) is 4.74 Å². The van der Waals surface area contributed by atoms with Gasteiger partial charge in [0, 0.05) is 6.54 Å². The summed E-state index contributed by atoms with van der Waals surface area (Å²) in [5, 5.41) is 0. The van der Waals surface area contributed by atoms with Gasteiger partial charge in [-0.25, -0.2) is 4.39 Å². The van der Waals surface area contributed by atoms with E-state index in [2.05, 4.69) is 0 Å². The van der Waals surface area contributed by atoms with Gasteiger partial charge in [0.25, 0.3) is 0 Å². The van der Waals surface area contributed by atoms with Crippen LogP contribution in [0.25, 0.3) is 0 Å². The standard InChI is InChI=1S/C7H12FNO/c8-7(4-9)6-2-1-3-10-5-6/h5,7H,1-4,9H2. The minimum absolute atomic E-state index is 0.0647. The lowest BCUT2D eigenvalue weighted by molar-refractivity contribution is 0.211. The highest BCUT2D eigenvalue weighted by molar-refractivity contribution is 5.07. The Labute approximate surface area is 59.9 Å². The molecule has 1 aliphatic heterocycles. The lowest BCUT2D eigenvalue weighted by atomic mass is 10.1. The monoisotopic (exact) mass is 145 g/mol. The van der Waals surface area contributed by atoms with E-state index in [0.29, 0.717) is 12.2 Å². The van der Waals surface area contributed by atoms with E-state index in [-0.39, 0.29) is 6.54 Å². The Bertz CT molecular complexity index is 136. The lowest BCUT2D eigenvalue weighted by Crippen LogP contribution is -2.19. The normalized spacial score (nSPS) is 21.2. The summed E-state index contributed by atoms with van der Waals surface area (Å²) in [6.07, 6.45) is 2.20. The highest BCUT2D eigenvalue weighted by Crippen LogP contribution is 2.16. The second-order valence-electron chi connectivity index (χ2n) is 2.37. The molecule has 58 valence electrons. The van der Waals surface area contributed by atoms with Gasteiger partial charge in [-0.05, 0) is 18.4 Å².